The summed E-state index contributed by atoms with van der Waals surface area (Å²) in [6.07, 6.45) is 2.53. The SMILES string of the molecule is COc1cccc(CC(=O)N(C)C2CCNCC2)c1.Cl. The number of nitrogens with zero attached hydrogens (tertiary/aromatic N) is 1. The van der Waals surface area contributed by atoms with Gasteiger partial charge in [0, 0.05) is 13.1 Å². The van der Waals surface area contributed by atoms with E-state index in [2.05, 4.69) is 5.32 Å². The third kappa shape index (κ3) is 4.39. The van der Waals surface area contributed by atoms with E-state index in [1.165, 1.54) is 0 Å². The van der Waals surface area contributed by atoms with Gasteiger partial charge < -0.3 is 15.0 Å². The molecule has 1 N–H and O–H groups in total. The van der Waals surface area contributed by atoms with Crippen LogP contribution in [-0.2, 0) is 11.2 Å². The fourth-order valence-corrected chi connectivity index (χ4v) is 2.48. The van der Waals surface area contributed by atoms with Crippen LogP contribution in [0.5, 0.6) is 5.75 Å². The Hall–Kier alpha value is -1.26. The first kappa shape index (κ1) is 16.8. The molecule has 0 aliphatic carbocycles. The molecule has 1 aliphatic heterocycles. The lowest BCUT2D eigenvalue weighted by Gasteiger charge is -2.31. The smallest absolute Gasteiger partial charge is 0.226 e. The molecule has 2 rings (SSSR count). The molecule has 20 heavy (non-hydrogen) atoms. The number of rotatable bonds is 4. The molecular weight excluding hydrogens is 276 g/mol. The highest BCUT2D eigenvalue weighted by molar-refractivity contribution is 5.85. The summed E-state index contributed by atoms with van der Waals surface area (Å²) in [6.45, 7) is 2.00. The molecule has 1 amide bonds. The van der Waals surface area contributed by atoms with Crippen molar-refractivity contribution in [3.63, 3.8) is 0 Å². The molecule has 1 heterocycles. The first-order valence-corrected chi connectivity index (χ1v) is 6.80. The van der Waals surface area contributed by atoms with Gasteiger partial charge in [-0.25, -0.2) is 0 Å². The van der Waals surface area contributed by atoms with Gasteiger partial charge in [0.15, 0.2) is 0 Å². The number of likely N-dealkylation sites (N-methyl/N-ethyl adjacent to an activating group) is 1. The van der Waals surface area contributed by atoms with Crippen LogP contribution in [0.25, 0.3) is 0 Å². The Morgan fingerprint density at radius 3 is 2.75 bits per heavy atom. The van der Waals surface area contributed by atoms with Crippen LogP contribution in [-0.4, -0.2) is 44.1 Å². The monoisotopic (exact) mass is 298 g/mol. The lowest BCUT2D eigenvalue weighted by Crippen LogP contribution is -2.44. The average Bonchev–Trinajstić information content (AvgIpc) is 2.47. The molecule has 0 radical (unpaired) electrons. The predicted octanol–water partition coefficient (Wildman–Crippen LogP) is 1.87. The number of ether oxygens (including phenoxy) is 1. The van der Waals surface area contributed by atoms with Crippen molar-refractivity contribution >= 4 is 18.3 Å². The molecule has 5 heteroatoms. The Bertz CT molecular complexity index is 434. The highest BCUT2D eigenvalue weighted by Gasteiger charge is 2.21. The van der Waals surface area contributed by atoms with Gasteiger partial charge in [0.05, 0.1) is 13.5 Å². The molecule has 0 atom stereocenters. The minimum atomic E-state index is 0. The molecule has 0 bridgehead atoms. The van der Waals surface area contributed by atoms with Crippen LogP contribution in [0, 0.1) is 0 Å². The first-order chi connectivity index (χ1) is 9.20. The van der Waals surface area contributed by atoms with E-state index in [9.17, 15) is 4.79 Å². The maximum atomic E-state index is 12.3. The minimum Gasteiger partial charge on any atom is -0.497 e. The van der Waals surface area contributed by atoms with Gasteiger partial charge in [0.1, 0.15) is 5.75 Å². The normalized spacial score (nSPS) is 15.3. The van der Waals surface area contributed by atoms with Crippen molar-refractivity contribution in [2.24, 2.45) is 0 Å². The zero-order valence-corrected chi connectivity index (χ0v) is 12.9. The van der Waals surface area contributed by atoms with Gasteiger partial charge >= 0.3 is 0 Å². The molecule has 4 nitrogen and oxygen atoms in total. The molecule has 1 fully saturated rings. The summed E-state index contributed by atoms with van der Waals surface area (Å²) in [4.78, 5) is 14.2. The van der Waals surface area contributed by atoms with Gasteiger partial charge in [0.2, 0.25) is 5.91 Å². The van der Waals surface area contributed by atoms with Crippen molar-refractivity contribution in [1.29, 1.82) is 0 Å². The lowest BCUT2D eigenvalue weighted by atomic mass is 10.0. The van der Waals surface area contributed by atoms with E-state index in [1.807, 2.05) is 36.2 Å². The number of methoxy groups -OCH3 is 1. The number of hydrogen-bond donors (Lipinski definition) is 1. The fraction of sp³-hybridized carbons (Fsp3) is 0.533. The van der Waals surface area contributed by atoms with Gasteiger partial charge in [0.25, 0.3) is 0 Å². The second-order valence-electron chi connectivity index (χ2n) is 5.01. The molecule has 1 saturated heterocycles. The van der Waals surface area contributed by atoms with Crippen molar-refractivity contribution < 1.29 is 9.53 Å². The van der Waals surface area contributed by atoms with Crippen LogP contribution in [0.3, 0.4) is 0 Å². The third-order valence-corrected chi connectivity index (χ3v) is 3.74. The van der Waals surface area contributed by atoms with E-state index in [4.69, 9.17) is 4.74 Å². The summed E-state index contributed by atoms with van der Waals surface area (Å²) in [6, 6.07) is 8.08. The van der Waals surface area contributed by atoms with E-state index >= 15 is 0 Å². The Kier molecular flexibility index (Phi) is 6.82. The first-order valence-electron chi connectivity index (χ1n) is 6.80. The quantitative estimate of drug-likeness (QED) is 0.923. The van der Waals surface area contributed by atoms with Gasteiger partial charge in [-0.05, 0) is 43.6 Å². The zero-order valence-electron chi connectivity index (χ0n) is 12.1. The highest BCUT2D eigenvalue weighted by Crippen LogP contribution is 2.15. The van der Waals surface area contributed by atoms with Gasteiger partial charge in [-0.3, -0.25) is 4.79 Å². The number of carbonyl (C=O) groups is 1. The second-order valence-corrected chi connectivity index (χ2v) is 5.01. The molecule has 0 spiro atoms. The Morgan fingerprint density at radius 1 is 1.40 bits per heavy atom. The summed E-state index contributed by atoms with van der Waals surface area (Å²) >= 11 is 0. The topological polar surface area (TPSA) is 41.6 Å². The standard InChI is InChI=1S/C15H22N2O2.ClH/c1-17(13-6-8-16-9-7-13)15(18)11-12-4-3-5-14(10-12)19-2;/h3-5,10,13,16H,6-9,11H2,1-2H3;1H. The highest BCUT2D eigenvalue weighted by atomic mass is 35.5. The summed E-state index contributed by atoms with van der Waals surface area (Å²) in [5.74, 6) is 0.981. The minimum absolute atomic E-state index is 0. The lowest BCUT2D eigenvalue weighted by molar-refractivity contribution is -0.131. The number of amides is 1. The maximum absolute atomic E-state index is 12.3. The number of carbonyl (C=O) groups excluding carboxylic acids is 1. The molecular formula is C15H23ClN2O2. The Morgan fingerprint density at radius 2 is 2.10 bits per heavy atom. The van der Waals surface area contributed by atoms with Crippen LogP contribution in [0.1, 0.15) is 18.4 Å². The summed E-state index contributed by atoms with van der Waals surface area (Å²) < 4.78 is 5.18. The van der Waals surface area contributed by atoms with E-state index in [1.54, 1.807) is 7.11 Å². The molecule has 1 aliphatic rings. The second kappa shape index (κ2) is 8.12. The van der Waals surface area contributed by atoms with Crippen molar-refractivity contribution in [2.45, 2.75) is 25.3 Å². The van der Waals surface area contributed by atoms with Crippen molar-refractivity contribution in [2.75, 3.05) is 27.2 Å². The number of piperidine rings is 1. The van der Waals surface area contributed by atoms with E-state index in [0.29, 0.717) is 12.5 Å². The molecule has 0 unspecified atom stereocenters. The summed E-state index contributed by atoms with van der Waals surface area (Å²) in [7, 11) is 3.56. The maximum Gasteiger partial charge on any atom is 0.226 e. The van der Waals surface area contributed by atoms with Crippen LogP contribution >= 0.6 is 12.4 Å². The summed E-state index contributed by atoms with van der Waals surface area (Å²) in [5.41, 5.74) is 1.00. The summed E-state index contributed by atoms with van der Waals surface area (Å²) in [5, 5.41) is 3.32. The van der Waals surface area contributed by atoms with E-state index in [0.717, 1.165) is 37.2 Å². The van der Waals surface area contributed by atoms with E-state index < -0.39 is 0 Å². The molecule has 0 saturated carbocycles. The molecule has 0 aromatic heterocycles. The molecule has 1 aromatic carbocycles. The third-order valence-electron chi connectivity index (χ3n) is 3.74. The number of nitrogens with one attached hydrogen (secondary N) is 1. The largest absolute Gasteiger partial charge is 0.497 e. The molecule has 112 valence electrons. The number of benzene rings is 1. The van der Waals surface area contributed by atoms with Crippen molar-refractivity contribution in [3.8, 4) is 5.75 Å². The Labute approximate surface area is 126 Å². The zero-order chi connectivity index (χ0) is 13.7. The fourth-order valence-electron chi connectivity index (χ4n) is 2.48. The number of hydrogen-bond acceptors (Lipinski definition) is 3. The van der Waals surface area contributed by atoms with Crippen LogP contribution in [0.15, 0.2) is 24.3 Å². The van der Waals surface area contributed by atoms with E-state index in [-0.39, 0.29) is 18.3 Å². The van der Waals surface area contributed by atoms with Crippen LogP contribution in [0.4, 0.5) is 0 Å². The predicted molar refractivity (Wildman–Crippen MR) is 82.6 cm³/mol. The van der Waals surface area contributed by atoms with Crippen molar-refractivity contribution in [3.05, 3.63) is 29.8 Å². The number of halogens is 1. The van der Waals surface area contributed by atoms with Gasteiger partial charge in [-0.2, -0.15) is 0 Å². The van der Waals surface area contributed by atoms with Gasteiger partial charge in [-0.15, -0.1) is 12.4 Å². The van der Waals surface area contributed by atoms with Crippen LogP contribution < -0.4 is 10.1 Å². The van der Waals surface area contributed by atoms with Crippen molar-refractivity contribution in [1.82, 2.24) is 10.2 Å². The van der Waals surface area contributed by atoms with Gasteiger partial charge in [-0.1, -0.05) is 12.1 Å². The molecule has 1 aromatic rings. The van der Waals surface area contributed by atoms with Crippen LogP contribution in [0.2, 0.25) is 0 Å². The Balaban J connectivity index is 0.00000200. The average molecular weight is 299 g/mol.